The van der Waals surface area contributed by atoms with Gasteiger partial charge in [-0.2, -0.15) is 0 Å². The van der Waals surface area contributed by atoms with Gasteiger partial charge < -0.3 is 14.4 Å². The number of likely N-dealkylation sites (tertiary alicyclic amines) is 1. The molecule has 0 aliphatic carbocycles. The van der Waals surface area contributed by atoms with E-state index in [1.807, 2.05) is 47.4 Å². The van der Waals surface area contributed by atoms with Gasteiger partial charge in [0.05, 0.1) is 17.5 Å². The number of nitrogens with zero attached hydrogens (tertiary/aromatic N) is 5. The van der Waals surface area contributed by atoms with Crippen molar-refractivity contribution >= 4 is 5.91 Å². The number of aryl methyl sites for hydroxylation is 1. The van der Waals surface area contributed by atoms with E-state index >= 15 is 0 Å². The Bertz CT molecular complexity index is 1290. The summed E-state index contributed by atoms with van der Waals surface area (Å²) in [6, 6.07) is 16.7. The zero-order valence-electron chi connectivity index (χ0n) is 19.3. The number of amides is 1. The van der Waals surface area contributed by atoms with Gasteiger partial charge in [-0.05, 0) is 44.0 Å². The summed E-state index contributed by atoms with van der Waals surface area (Å²) in [7, 11) is 0. The minimum Gasteiger partial charge on any atom is -0.486 e. The van der Waals surface area contributed by atoms with Crippen LogP contribution >= 0.6 is 0 Å². The smallest absolute Gasteiger partial charge is 0.257 e. The molecule has 5 rings (SSSR count). The lowest BCUT2D eigenvalue weighted by atomic mass is 9.94. The summed E-state index contributed by atoms with van der Waals surface area (Å²) < 4.78 is 16.5. The van der Waals surface area contributed by atoms with Crippen LogP contribution < -0.4 is 9.47 Å². The van der Waals surface area contributed by atoms with E-state index in [2.05, 4.69) is 20.3 Å². The molecule has 0 saturated carbocycles. The Morgan fingerprint density at radius 3 is 2.74 bits per heavy atom. The first kappa shape index (κ1) is 22.5. The molecule has 1 fully saturated rings. The molecule has 9 heteroatoms. The molecule has 1 aliphatic heterocycles. The molecular formula is C26H25N5O4. The number of hydrogen-bond acceptors (Lipinski definition) is 8. The van der Waals surface area contributed by atoms with Crippen LogP contribution in [0, 0.1) is 6.92 Å². The highest BCUT2D eigenvalue weighted by molar-refractivity contribution is 5.97. The summed E-state index contributed by atoms with van der Waals surface area (Å²) in [5.41, 5.74) is 2.58. The standard InChI is InChI=1S/C26H25N5O4/c1-18-23(30-35-29-18)17-33-24-12-6-5-11-21(24)26(32)31-13-7-8-19(16-31)22-14-27-15-25(28-22)34-20-9-3-2-4-10-20/h2-6,9-12,14-15,19H,7-8,13,16-17H2,1H3. The quantitative estimate of drug-likeness (QED) is 0.386. The molecule has 2 aromatic heterocycles. The summed E-state index contributed by atoms with van der Waals surface area (Å²) in [6.45, 7) is 3.18. The molecule has 2 aromatic carbocycles. The molecule has 35 heavy (non-hydrogen) atoms. The lowest BCUT2D eigenvalue weighted by molar-refractivity contribution is 0.0700. The number of piperidine rings is 1. The second-order valence-corrected chi connectivity index (χ2v) is 8.37. The van der Waals surface area contributed by atoms with Crippen molar-refractivity contribution in [2.45, 2.75) is 32.3 Å². The van der Waals surface area contributed by atoms with Crippen LogP contribution in [0.25, 0.3) is 0 Å². The molecule has 0 radical (unpaired) electrons. The van der Waals surface area contributed by atoms with Crippen LogP contribution in [0.3, 0.4) is 0 Å². The minimum atomic E-state index is -0.0788. The van der Waals surface area contributed by atoms with Gasteiger partial charge in [0.15, 0.2) is 0 Å². The molecule has 1 amide bonds. The fourth-order valence-corrected chi connectivity index (χ4v) is 4.09. The van der Waals surface area contributed by atoms with Crippen LogP contribution in [-0.4, -0.2) is 44.2 Å². The zero-order valence-corrected chi connectivity index (χ0v) is 19.3. The maximum atomic E-state index is 13.5. The lowest BCUT2D eigenvalue weighted by Gasteiger charge is -2.32. The van der Waals surface area contributed by atoms with Crippen molar-refractivity contribution in [1.29, 1.82) is 0 Å². The maximum absolute atomic E-state index is 13.5. The Kier molecular flexibility index (Phi) is 6.65. The molecule has 1 unspecified atom stereocenters. The van der Waals surface area contributed by atoms with Gasteiger partial charge in [0, 0.05) is 25.2 Å². The van der Waals surface area contributed by atoms with Gasteiger partial charge in [-0.25, -0.2) is 9.61 Å². The van der Waals surface area contributed by atoms with Gasteiger partial charge >= 0.3 is 0 Å². The first-order valence-corrected chi connectivity index (χ1v) is 11.5. The third-order valence-corrected chi connectivity index (χ3v) is 5.95. The topological polar surface area (TPSA) is 103 Å². The van der Waals surface area contributed by atoms with Gasteiger partial charge in [-0.3, -0.25) is 9.78 Å². The molecule has 1 aliphatic rings. The summed E-state index contributed by atoms with van der Waals surface area (Å²) in [6.07, 6.45) is 5.14. The Balaban J connectivity index is 1.29. The second kappa shape index (κ2) is 10.3. The van der Waals surface area contributed by atoms with E-state index in [-0.39, 0.29) is 18.4 Å². The highest BCUT2D eigenvalue weighted by atomic mass is 16.6. The van der Waals surface area contributed by atoms with Crippen LogP contribution in [0.1, 0.15) is 46.2 Å². The highest BCUT2D eigenvalue weighted by Gasteiger charge is 2.28. The van der Waals surface area contributed by atoms with E-state index < -0.39 is 0 Å². The Morgan fingerprint density at radius 2 is 1.91 bits per heavy atom. The molecule has 9 nitrogen and oxygen atoms in total. The number of rotatable bonds is 7. The largest absolute Gasteiger partial charge is 0.486 e. The molecule has 1 saturated heterocycles. The normalized spacial score (nSPS) is 15.6. The zero-order chi connectivity index (χ0) is 24.0. The number of carbonyl (C=O) groups is 1. The molecule has 3 heterocycles. The van der Waals surface area contributed by atoms with E-state index in [4.69, 9.17) is 14.1 Å². The third kappa shape index (κ3) is 5.29. The van der Waals surface area contributed by atoms with E-state index in [0.29, 0.717) is 47.4 Å². The predicted octanol–water partition coefficient (Wildman–Crippen LogP) is 4.56. The average molecular weight is 472 g/mol. The monoisotopic (exact) mass is 471 g/mol. The Hall–Kier alpha value is -4.27. The van der Waals surface area contributed by atoms with E-state index in [1.165, 1.54) is 0 Å². The third-order valence-electron chi connectivity index (χ3n) is 5.95. The van der Waals surface area contributed by atoms with Crippen LogP contribution in [-0.2, 0) is 6.61 Å². The van der Waals surface area contributed by atoms with Crippen molar-refractivity contribution in [2.24, 2.45) is 0 Å². The van der Waals surface area contributed by atoms with Crippen molar-refractivity contribution < 1.29 is 18.9 Å². The number of para-hydroxylation sites is 2. The van der Waals surface area contributed by atoms with Crippen molar-refractivity contribution in [3.05, 3.63) is 89.6 Å². The van der Waals surface area contributed by atoms with Crippen LogP contribution in [0.4, 0.5) is 0 Å². The molecule has 0 N–H and O–H groups in total. The molecule has 0 bridgehead atoms. The van der Waals surface area contributed by atoms with E-state index in [9.17, 15) is 4.79 Å². The van der Waals surface area contributed by atoms with Crippen molar-refractivity contribution in [2.75, 3.05) is 13.1 Å². The fourth-order valence-electron chi connectivity index (χ4n) is 4.09. The van der Waals surface area contributed by atoms with E-state index in [0.717, 1.165) is 18.5 Å². The number of aromatic nitrogens is 4. The van der Waals surface area contributed by atoms with Gasteiger partial charge in [0.2, 0.25) is 5.88 Å². The van der Waals surface area contributed by atoms with Crippen molar-refractivity contribution in [1.82, 2.24) is 25.2 Å². The molecule has 0 spiro atoms. The molecule has 1 atom stereocenters. The minimum absolute atomic E-state index is 0.0662. The summed E-state index contributed by atoms with van der Waals surface area (Å²) in [5.74, 6) is 1.63. The summed E-state index contributed by atoms with van der Waals surface area (Å²) >= 11 is 0. The first-order valence-electron chi connectivity index (χ1n) is 11.5. The lowest BCUT2D eigenvalue weighted by Crippen LogP contribution is -2.39. The number of ether oxygens (including phenoxy) is 2. The number of benzene rings is 2. The first-order chi connectivity index (χ1) is 17.2. The van der Waals surface area contributed by atoms with Gasteiger partial charge in [-0.15, -0.1) is 0 Å². The average Bonchev–Trinajstić information content (AvgIpc) is 3.32. The SMILES string of the molecule is Cc1nonc1COc1ccccc1C(=O)N1CCCC(c2cncc(Oc3ccccc3)n2)C1. The van der Waals surface area contributed by atoms with Gasteiger partial charge in [0.1, 0.15) is 29.5 Å². The number of carbonyl (C=O) groups excluding carboxylic acids is 1. The Labute approximate surface area is 202 Å². The highest BCUT2D eigenvalue weighted by Crippen LogP contribution is 2.30. The fraction of sp³-hybridized carbons (Fsp3) is 0.269. The summed E-state index contributed by atoms with van der Waals surface area (Å²) in [5, 5.41) is 7.61. The number of hydrogen-bond donors (Lipinski definition) is 0. The van der Waals surface area contributed by atoms with Crippen LogP contribution in [0.15, 0.2) is 71.6 Å². The van der Waals surface area contributed by atoms with Crippen LogP contribution in [0.5, 0.6) is 17.4 Å². The van der Waals surface area contributed by atoms with Gasteiger partial charge in [0.25, 0.3) is 5.91 Å². The second-order valence-electron chi connectivity index (χ2n) is 8.37. The van der Waals surface area contributed by atoms with E-state index in [1.54, 1.807) is 31.5 Å². The molecular weight excluding hydrogens is 446 g/mol. The van der Waals surface area contributed by atoms with Gasteiger partial charge in [-0.1, -0.05) is 40.6 Å². The summed E-state index contributed by atoms with van der Waals surface area (Å²) in [4.78, 5) is 24.3. The Morgan fingerprint density at radius 1 is 1.09 bits per heavy atom. The molecule has 4 aromatic rings. The predicted molar refractivity (Wildman–Crippen MR) is 126 cm³/mol. The maximum Gasteiger partial charge on any atom is 0.257 e. The van der Waals surface area contributed by atoms with Crippen LogP contribution in [0.2, 0.25) is 0 Å². The molecule has 178 valence electrons. The van der Waals surface area contributed by atoms with Crippen molar-refractivity contribution in [3.63, 3.8) is 0 Å². The van der Waals surface area contributed by atoms with Crippen molar-refractivity contribution in [3.8, 4) is 17.4 Å².